The Morgan fingerprint density at radius 1 is 0.367 bits per heavy atom. The molecule has 0 N–H and O–H groups in total. The molecule has 0 aliphatic heterocycles. The average molecular weight is 783 g/mol. The van der Waals surface area contributed by atoms with Gasteiger partial charge in [-0.15, -0.1) is 11.3 Å². The van der Waals surface area contributed by atoms with Gasteiger partial charge in [-0.2, -0.15) is 0 Å². The first-order chi connectivity index (χ1) is 29.5. The van der Waals surface area contributed by atoms with E-state index in [1.807, 2.05) is 11.3 Å². The largest absolute Gasteiger partial charge is 0.309 e. The highest BCUT2D eigenvalue weighted by molar-refractivity contribution is 7.26. The van der Waals surface area contributed by atoms with Crippen molar-refractivity contribution in [1.82, 2.24) is 9.13 Å². The smallest absolute Gasteiger partial charge is 0.0541 e. The van der Waals surface area contributed by atoms with Crippen LogP contribution in [0.5, 0.6) is 0 Å². The third kappa shape index (κ3) is 4.64. The molecule has 0 amide bonds. The first kappa shape index (κ1) is 33.7. The van der Waals surface area contributed by atoms with Gasteiger partial charge >= 0.3 is 0 Å². The van der Waals surface area contributed by atoms with E-state index in [9.17, 15) is 0 Å². The molecule has 0 fully saturated rings. The van der Waals surface area contributed by atoms with Crippen LogP contribution in [-0.2, 0) is 5.41 Å². The van der Waals surface area contributed by atoms with E-state index in [4.69, 9.17) is 0 Å². The Hall–Kier alpha value is -7.20. The lowest BCUT2D eigenvalue weighted by atomic mass is 9.82. The molecule has 9 aromatic carbocycles. The summed E-state index contributed by atoms with van der Waals surface area (Å²) in [6.07, 6.45) is 0. The van der Waals surface area contributed by atoms with Gasteiger partial charge in [-0.25, -0.2) is 0 Å². The average Bonchev–Trinajstić information content (AvgIpc) is 4.01. The van der Waals surface area contributed by atoms with Crippen molar-refractivity contribution in [2.75, 3.05) is 0 Å². The molecule has 0 unspecified atom stereocenters. The Bertz CT molecular complexity index is 3740. The lowest BCUT2D eigenvalue weighted by Gasteiger charge is -2.21. The van der Waals surface area contributed by atoms with Gasteiger partial charge in [-0.3, -0.25) is 0 Å². The summed E-state index contributed by atoms with van der Waals surface area (Å²) in [5, 5.41) is 7.64. The molecule has 1 aliphatic rings. The summed E-state index contributed by atoms with van der Waals surface area (Å²) in [6, 6.07) is 72.3. The monoisotopic (exact) mass is 782 g/mol. The van der Waals surface area contributed by atoms with Crippen molar-refractivity contribution in [3.8, 4) is 44.8 Å². The van der Waals surface area contributed by atoms with Crippen molar-refractivity contribution in [2.24, 2.45) is 0 Å². The van der Waals surface area contributed by atoms with Crippen LogP contribution in [0.4, 0.5) is 0 Å². The van der Waals surface area contributed by atoms with E-state index in [0.29, 0.717) is 0 Å². The quantitative estimate of drug-likeness (QED) is 0.168. The molecule has 0 spiro atoms. The van der Waals surface area contributed by atoms with Crippen LogP contribution in [0.25, 0.3) is 109 Å². The molecular formula is C57H38N2S. The molecule has 282 valence electrons. The van der Waals surface area contributed by atoms with Crippen LogP contribution in [0.3, 0.4) is 0 Å². The molecule has 0 saturated carbocycles. The summed E-state index contributed by atoms with van der Waals surface area (Å²) in [4.78, 5) is 0. The van der Waals surface area contributed by atoms with Gasteiger partial charge in [0, 0.05) is 64.1 Å². The molecule has 3 aromatic heterocycles. The third-order valence-electron chi connectivity index (χ3n) is 13.3. The maximum absolute atomic E-state index is 2.50. The van der Waals surface area contributed by atoms with Gasteiger partial charge in [-0.1, -0.05) is 141 Å². The fraction of sp³-hybridized carbons (Fsp3) is 0.0526. The Morgan fingerprint density at radius 2 is 0.917 bits per heavy atom. The third-order valence-corrected chi connectivity index (χ3v) is 14.5. The van der Waals surface area contributed by atoms with Crippen molar-refractivity contribution in [3.05, 3.63) is 205 Å². The molecule has 1 aliphatic carbocycles. The highest BCUT2D eigenvalue weighted by Gasteiger charge is 2.37. The zero-order valence-corrected chi connectivity index (χ0v) is 34.1. The first-order valence-corrected chi connectivity index (χ1v) is 21.7. The van der Waals surface area contributed by atoms with Crippen molar-refractivity contribution >= 4 is 75.1 Å². The van der Waals surface area contributed by atoms with Crippen LogP contribution in [0.1, 0.15) is 25.0 Å². The number of rotatable bonds is 4. The zero-order chi connectivity index (χ0) is 39.7. The highest BCUT2D eigenvalue weighted by atomic mass is 32.1. The van der Waals surface area contributed by atoms with Crippen molar-refractivity contribution < 1.29 is 0 Å². The van der Waals surface area contributed by atoms with E-state index >= 15 is 0 Å². The van der Waals surface area contributed by atoms with Gasteiger partial charge < -0.3 is 9.13 Å². The number of hydrogen-bond donors (Lipinski definition) is 0. The van der Waals surface area contributed by atoms with Crippen LogP contribution < -0.4 is 0 Å². The molecule has 3 heterocycles. The second-order valence-electron chi connectivity index (χ2n) is 16.9. The first-order valence-electron chi connectivity index (χ1n) is 20.8. The number of fused-ring (bicyclic) bond motifs is 12. The molecule has 60 heavy (non-hydrogen) atoms. The van der Waals surface area contributed by atoms with E-state index in [-0.39, 0.29) is 5.41 Å². The van der Waals surface area contributed by atoms with Crippen LogP contribution in [0.15, 0.2) is 194 Å². The maximum atomic E-state index is 2.50. The van der Waals surface area contributed by atoms with Crippen molar-refractivity contribution in [2.45, 2.75) is 19.3 Å². The molecular weight excluding hydrogens is 745 g/mol. The summed E-state index contributed by atoms with van der Waals surface area (Å²) >= 11 is 1.91. The van der Waals surface area contributed by atoms with Crippen LogP contribution in [-0.4, -0.2) is 9.13 Å². The SMILES string of the molecule is CC1(C)c2ccccc2-c2c(-c3cc(-n4c5ccccc5c5cc(-c6ccc7c(c6)c6ccccc6n7-c6ccccc6)ccc54)cc4c3sc3ccccc34)cccc21. The predicted molar refractivity (Wildman–Crippen MR) is 256 cm³/mol. The van der Waals surface area contributed by atoms with E-state index in [2.05, 4.69) is 217 Å². The minimum Gasteiger partial charge on any atom is -0.309 e. The normalized spacial score (nSPS) is 13.3. The topological polar surface area (TPSA) is 9.86 Å². The van der Waals surface area contributed by atoms with Crippen molar-refractivity contribution in [1.29, 1.82) is 0 Å². The fourth-order valence-electron chi connectivity index (χ4n) is 10.6. The standard InChI is InChI=1S/C57H38N2S/c1-57(2)48-22-10-6-20-43(48)55-42(21-14-23-49(55)57)47-34-38(33-46-41-19-9-13-26-54(41)60-56(46)47)59-51-25-12-8-18-40(51)45-32-36(28-30-53(45)59)35-27-29-52-44(31-35)39-17-7-11-24-50(39)58(52)37-15-4-3-5-16-37/h3-34H,1-2H3. The Balaban J connectivity index is 1.04. The van der Waals surface area contributed by atoms with Crippen LogP contribution in [0, 0.1) is 0 Å². The summed E-state index contributed by atoms with van der Waals surface area (Å²) in [5.41, 5.74) is 17.7. The number of benzene rings is 9. The van der Waals surface area contributed by atoms with Crippen molar-refractivity contribution in [3.63, 3.8) is 0 Å². The second kappa shape index (κ2) is 12.4. The van der Waals surface area contributed by atoms with Crippen LogP contribution >= 0.6 is 11.3 Å². The second-order valence-corrected chi connectivity index (χ2v) is 17.9. The number of hydrogen-bond acceptors (Lipinski definition) is 1. The lowest BCUT2D eigenvalue weighted by molar-refractivity contribution is 0.660. The fourth-order valence-corrected chi connectivity index (χ4v) is 11.8. The van der Waals surface area contributed by atoms with E-state index < -0.39 is 0 Å². The van der Waals surface area contributed by atoms with Gasteiger partial charge in [0.25, 0.3) is 0 Å². The molecule has 13 rings (SSSR count). The molecule has 0 bridgehead atoms. The predicted octanol–water partition coefficient (Wildman–Crippen LogP) is 15.9. The lowest BCUT2D eigenvalue weighted by Crippen LogP contribution is -2.14. The minimum atomic E-state index is -0.0765. The number of para-hydroxylation sites is 3. The number of thiophene rings is 1. The maximum Gasteiger partial charge on any atom is 0.0541 e. The molecule has 2 nitrogen and oxygen atoms in total. The summed E-state index contributed by atoms with van der Waals surface area (Å²) in [7, 11) is 0. The van der Waals surface area contributed by atoms with Gasteiger partial charge in [0.1, 0.15) is 0 Å². The molecule has 3 heteroatoms. The van der Waals surface area contributed by atoms with E-state index in [1.54, 1.807) is 0 Å². The Labute approximate surface area is 351 Å². The van der Waals surface area contributed by atoms with E-state index in [0.717, 1.165) is 0 Å². The summed E-state index contributed by atoms with van der Waals surface area (Å²) in [6.45, 7) is 4.75. The van der Waals surface area contributed by atoms with Gasteiger partial charge in [-0.05, 0) is 106 Å². The molecule has 0 atom stereocenters. The number of nitrogens with zero attached hydrogens (tertiary/aromatic N) is 2. The molecule has 0 radical (unpaired) electrons. The summed E-state index contributed by atoms with van der Waals surface area (Å²) in [5.74, 6) is 0. The Morgan fingerprint density at radius 3 is 1.63 bits per heavy atom. The number of aromatic nitrogens is 2. The van der Waals surface area contributed by atoms with Crippen LogP contribution in [0.2, 0.25) is 0 Å². The minimum absolute atomic E-state index is 0.0765. The van der Waals surface area contributed by atoms with Gasteiger partial charge in [0.15, 0.2) is 0 Å². The molecule has 0 saturated heterocycles. The summed E-state index contributed by atoms with van der Waals surface area (Å²) < 4.78 is 7.54. The zero-order valence-electron chi connectivity index (χ0n) is 33.3. The van der Waals surface area contributed by atoms with Gasteiger partial charge in [0.2, 0.25) is 0 Å². The van der Waals surface area contributed by atoms with Gasteiger partial charge in [0.05, 0.1) is 22.1 Å². The van der Waals surface area contributed by atoms with E-state index in [1.165, 1.54) is 120 Å². The Kier molecular flexibility index (Phi) is 6.98. The highest BCUT2D eigenvalue weighted by Crippen LogP contribution is 2.54. The molecule has 12 aromatic rings.